The second kappa shape index (κ2) is 8.15. The van der Waals surface area contributed by atoms with E-state index in [0.717, 1.165) is 11.3 Å². The van der Waals surface area contributed by atoms with E-state index in [2.05, 4.69) is 5.32 Å². The van der Waals surface area contributed by atoms with Crippen LogP contribution in [0.25, 0.3) is 0 Å². The van der Waals surface area contributed by atoms with Gasteiger partial charge in [-0.15, -0.1) is 0 Å². The zero-order valence-electron chi connectivity index (χ0n) is 17.7. The van der Waals surface area contributed by atoms with E-state index < -0.39 is 5.41 Å². The van der Waals surface area contributed by atoms with Crippen LogP contribution < -0.4 is 19.7 Å². The van der Waals surface area contributed by atoms with Crippen LogP contribution >= 0.6 is 0 Å². The van der Waals surface area contributed by atoms with Crippen LogP contribution in [-0.2, 0) is 4.79 Å². The van der Waals surface area contributed by atoms with Crippen LogP contribution in [0.5, 0.6) is 11.5 Å². The van der Waals surface area contributed by atoms with Crippen LogP contribution in [-0.4, -0.2) is 31.6 Å². The van der Waals surface area contributed by atoms with Crippen LogP contribution in [0.2, 0.25) is 0 Å². The number of anilines is 2. The van der Waals surface area contributed by atoms with Crippen molar-refractivity contribution >= 4 is 23.2 Å². The molecule has 3 rings (SSSR count). The van der Waals surface area contributed by atoms with Gasteiger partial charge >= 0.3 is 0 Å². The summed E-state index contributed by atoms with van der Waals surface area (Å²) >= 11 is 0. The molecule has 1 aliphatic heterocycles. The number of ether oxygens (including phenoxy) is 2. The number of hydrogen-bond acceptors (Lipinski definition) is 4. The number of carbonyl (C=O) groups excluding carboxylic acids is 2. The maximum Gasteiger partial charge on any atom is 0.255 e. The molecule has 0 saturated carbocycles. The summed E-state index contributed by atoms with van der Waals surface area (Å²) in [5.74, 6) is 1.21. The van der Waals surface area contributed by atoms with Gasteiger partial charge in [-0.05, 0) is 55.8 Å². The molecule has 0 fully saturated rings. The van der Waals surface area contributed by atoms with Gasteiger partial charge < -0.3 is 19.7 Å². The third-order valence-corrected chi connectivity index (χ3v) is 4.70. The summed E-state index contributed by atoms with van der Waals surface area (Å²) in [5, 5.41) is 2.91. The van der Waals surface area contributed by atoms with E-state index in [1.807, 2.05) is 34.6 Å². The molecule has 6 heteroatoms. The van der Waals surface area contributed by atoms with Crippen LogP contribution in [0.4, 0.5) is 11.4 Å². The first kappa shape index (κ1) is 20.7. The van der Waals surface area contributed by atoms with Crippen molar-refractivity contribution in [2.75, 3.05) is 30.0 Å². The molecule has 154 valence electrons. The van der Waals surface area contributed by atoms with Gasteiger partial charge in [-0.25, -0.2) is 0 Å². The van der Waals surface area contributed by atoms with E-state index in [1.54, 1.807) is 41.3 Å². The average molecular weight is 396 g/mol. The first-order valence-corrected chi connectivity index (χ1v) is 9.84. The van der Waals surface area contributed by atoms with Gasteiger partial charge in [0.25, 0.3) is 5.91 Å². The normalized spacial score (nSPS) is 13.3. The highest BCUT2D eigenvalue weighted by Crippen LogP contribution is 2.36. The van der Waals surface area contributed by atoms with Crippen molar-refractivity contribution in [3.05, 3.63) is 47.5 Å². The number of nitrogens with one attached hydrogen (secondary N) is 1. The lowest BCUT2D eigenvalue weighted by Crippen LogP contribution is -2.44. The number of benzene rings is 2. The van der Waals surface area contributed by atoms with Gasteiger partial charge in [-0.2, -0.15) is 0 Å². The predicted octanol–water partition coefficient (Wildman–Crippen LogP) is 4.42. The van der Waals surface area contributed by atoms with Crippen LogP contribution in [0, 0.1) is 12.3 Å². The van der Waals surface area contributed by atoms with Gasteiger partial charge in [-0.3, -0.25) is 9.59 Å². The number of rotatable bonds is 4. The fourth-order valence-corrected chi connectivity index (χ4v) is 3.22. The summed E-state index contributed by atoms with van der Waals surface area (Å²) < 4.78 is 11.2. The molecule has 2 amide bonds. The van der Waals surface area contributed by atoms with E-state index in [0.29, 0.717) is 42.4 Å². The van der Waals surface area contributed by atoms with Crippen molar-refractivity contribution in [2.24, 2.45) is 5.41 Å². The zero-order chi connectivity index (χ0) is 21.2. The topological polar surface area (TPSA) is 67.9 Å². The SMILES string of the molecule is CCOc1ccc(C(=O)Nc2ccc3c(c2)N(C(=O)C(C)(C)C)CCO3)cc1C. The lowest BCUT2D eigenvalue weighted by atomic mass is 9.94. The number of aryl methyl sites for hydroxylation is 1. The number of nitrogens with zero attached hydrogens (tertiary/aromatic N) is 1. The summed E-state index contributed by atoms with van der Waals surface area (Å²) in [7, 11) is 0. The lowest BCUT2D eigenvalue weighted by molar-refractivity contribution is -0.126. The van der Waals surface area contributed by atoms with E-state index in [4.69, 9.17) is 9.47 Å². The van der Waals surface area contributed by atoms with Crippen LogP contribution in [0.3, 0.4) is 0 Å². The minimum Gasteiger partial charge on any atom is -0.494 e. The maximum atomic E-state index is 12.8. The second-order valence-electron chi connectivity index (χ2n) is 8.11. The third kappa shape index (κ3) is 4.53. The molecule has 0 atom stereocenters. The first-order valence-electron chi connectivity index (χ1n) is 9.84. The van der Waals surface area contributed by atoms with Gasteiger partial charge in [0.1, 0.15) is 18.1 Å². The minimum atomic E-state index is -0.506. The Morgan fingerprint density at radius 3 is 2.59 bits per heavy atom. The fraction of sp³-hybridized carbons (Fsp3) is 0.391. The molecule has 0 saturated heterocycles. The Morgan fingerprint density at radius 1 is 1.17 bits per heavy atom. The highest BCUT2D eigenvalue weighted by atomic mass is 16.5. The Labute approximate surface area is 171 Å². The molecule has 1 heterocycles. The number of fused-ring (bicyclic) bond motifs is 1. The quantitative estimate of drug-likeness (QED) is 0.831. The Hall–Kier alpha value is -3.02. The molecule has 0 aromatic heterocycles. The zero-order valence-corrected chi connectivity index (χ0v) is 17.7. The standard InChI is InChI=1S/C23H28N2O4/c1-6-28-19-9-7-16(13-15(19)2)21(26)24-17-8-10-20-18(14-17)25(11-12-29-20)22(27)23(3,4)5/h7-10,13-14H,6,11-12H2,1-5H3,(H,24,26). The van der Waals surface area contributed by atoms with Gasteiger partial charge in [-0.1, -0.05) is 20.8 Å². The molecule has 2 aromatic rings. The highest BCUT2D eigenvalue weighted by Gasteiger charge is 2.32. The van der Waals surface area contributed by atoms with Crippen LogP contribution in [0.15, 0.2) is 36.4 Å². The largest absolute Gasteiger partial charge is 0.494 e. The molecule has 0 spiro atoms. The molecule has 1 N–H and O–H groups in total. The fourth-order valence-electron chi connectivity index (χ4n) is 3.22. The number of amides is 2. The Morgan fingerprint density at radius 2 is 1.93 bits per heavy atom. The van der Waals surface area contributed by atoms with Crippen molar-refractivity contribution in [2.45, 2.75) is 34.6 Å². The molecule has 0 aliphatic carbocycles. The molecule has 0 bridgehead atoms. The summed E-state index contributed by atoms with van der Waals surface area (Å²) in [6.45, 7) is 11.0. The molecule has 0 unspecified atom stereocenters. The van der Waals surface area contributed by atoms with Crippen molar-refractivity contribution in [3.63, 3.8) is 0 Å². The van der Waals surface area contributed by atoms with Crippen molar-refractivity contribution in [1.29, 1.82) is 0 Å². The predicted molar refractivity (Wildman–Crippen MR) is 114 cm³/mol. The summed E-state index contributed by atoms with van der Waals surface area (Å²) in [4.78, 5) is 27.3. The summed E-state index contributed by atoms with van der Waals surface area (Å²) in [6.07, 6.45) is 0. The molecule has 6 nitrogen and oxygen atoms in total. The number of hydrogen-bond donors (Lipinski definition) is 1. The Balaban J connectivity index is 1.83. The van der Waals surface area contributed by atoms with Gasteiger partial charge in [0.2, 0.25) is 5.91 Å². The van der Waals surface area contributed by atoms with E-state index in [1.165, 1.54) is 0 Å². The van der Waals surface area contributed by atoms with Crippen molar-refractivity contribution in [1.82, 2.24) is 0 Å². The molecular formula is C23H28N2O4. The second-order valence-corrected chi connectivity index (χ2v) is 8.11. The lowest BCUT2D eigenvalue weighted by Gasteiger charge is -2.34. The molecule has 1 aliphatic rings. The smallest absolute Gasteiger partial charge is 0.255 e. The maximum absolute atomic E-state index is 12.8. The van der Waals surface area contributed by atoms with Crippen LogP contribution in [0.1, 0.15) is 43.6 Å². The minimum absolute atomic E-state index is 0.0210. The van der Waals surface area contributed by atoms with Gasteiger partial charge in [0.15, 0.2) is 0 Å². The first-order chi connectivity index (χ1) is 13.7. The van der Waals surface area contributed by atoms with Gasteiger partial charge in [0, 0.05) is 16.7 Å². The molecule has 0 radical (unpaired) electrons. The van der Waals surface area contributed by atoms with Gasteiger partial charge in [0.05, 0.1) is 18.8 Å². The molecular weight excluding hydrogens is 368 g/mol. The van der Waals surface area contributed by atoms with E-state index in [9.17, 15) is 9.59 Å². The van der Waals surface area contributed by atoms with E-state index in [-0.39, 0.29) is 11.8 Å². The average Bonchev–Trinajstić information content (AvgIpc) is 2.68. The summed E-state index contributed by atoms with van der Waals surface area (Å²) in [6, 6.07) is 10.7. The summed E-state index contributed by atoms with van der Waals surface area (Å²) in [5.41, 5.74) is 2.23. The molecule has 2 aromatic carbocycles. The Bertz CT molecular complexity index is 931. The molecule has 29 heavy (non-hydrogen) atoms. The van der Waals surface area contributed by atoms with Crippen molar-refractivity contribution < 1.29 is 19.1 Å². The van der Waals surface area contributed by atoms with Crippen molar-refractivity contribution in [3.8, 4) is 11.5 Å². The van der Waals surface area contributed by atoms with E-state index >= 15 is 0 Å². The Kier molecular flexibility index (Phi) is 5.82. The highest BCUT2D eigenvalue weighted by molar-refractivity contribution is 6.05. The number of carbonyl (C=O) groups is 2. The monoisotopic (exact) mass is 396 g/mol. The third-order valence-electron chi connectivity index (χ3n) is 4.70.